The van der Waals surface area contributed by atoms with Crippen LogP contribution in [0.15, 0.2) is 30.3 Å². The zero-order valence-corrected chi connectivity index (χ0v) is 16.9. The monoisotopic (exact) mass is 377 g/mol. The molecule has 0 saturated heterocycles. The van der Waals surface area contributed by atoms with E-state index in [0.717, 1.165) is 34.6 Å². The molecule has 1 unspecified atom stereocenters. The van der Waals surface area contributed by atoms with E-state index in [0.29, 0.717) is 18.0 Å². The first-order chi connectivity index (χ1) is 13.7. The number of nitrogens with zero attached hydrogens (tertiary/aromatic N) is 2. The molecule has 3 fully saturated rings. The third kappa shape index (κ3) is 3.27. The Kier molecular flexibility index (Phi) is 4.73. The molecule has 3 saturated carbocycles. The average Bonchev–Trinajstić information content (AvgIpc) is 3.36. The van der Waals surface area contributed by atoms with Gasteiger partial charge in [0.25, 0.3) is 5.91 Å². The quantitative estimate of drug-likeness (QED) is 0.822. The van der Waals surface area contributed by atoms with Gasteiger partial charge < -0.3 is 10.2 Å². The Morgan fingerprint density at radius 2 is 1.89 bits per heavy atom. The summed E-state index contributed by atoms with van der Waals surface area (Å²) in [5.41, 5.74) is 1.70. The Hall–Kier alpha value is -2.10. The van der Waals surface area contributed by atoms with E-state index in [9.17, 15) is 4.79 Å². The Labute approximate surface area is 167 Å². The molecule has 5 rings (SSSR count). The molecule has 1 aromatic carbocycles. The van der Waals surface area contributed by atoms with Crippen LogP contribution in [-0.2, 0) is 0 Å². The van der Waals surface area contributed by atoms with Gasteiger partial charge in [0.2, 0.25) is 0 Å². The number of hydrogen-bond acceptors (Lipinski definition) is 3. The van der Waals surface area contributed by atoms with Crippen molar-refractivity contribution in [2.24, 2.45) is 11.8 Å². The van der Waals surface area contributed by atoms with E-state index in [1.54, 1.807) is 0 Å². The van der Waals surface area contributed by atoms with Crippen LogP contribution in [0, 0.1) is 11.8 Å². The first kappa shape index (κ1) is 18.0. The van der Waals surface area contributed by atoms with Crippen LogP contribution in [-0.4, -0.2) is 30.0 Å². The van der Waals surface area contributed by atoms with Crippen LogP contribution in [0.3, 0.4) is 0 Å². The van der Waals surface area contributed by atoms with Crippen LogP contribution in [0.25, 0.3) is 10.9 Å². The van der Waals surface area contributed by atoms with E-state index in [-0.39, 0.29) is 5.91 Å². The number of carbonyl (C=O) groups excluding carboxylic acids is 1. The van der Waals surface area contributed by atoms with Gasteiger partial charge in [-0.25, -0.2) is 4.98 Å². The van der Waals surface area contributed by atoms with Gasteiger partial charge in [-0.3, -0.25) is 4.79 Å². The lowest BCUT2D eigenvalue weighted by Crippen LogP contribution is -2.39. The van der Waals surface area contributed by atoms with Gasteiger partial charge in [0.05, 0.1) is 11.1 Å². The number of pyridine rings is 1. The van der Waals surface area contributed by atoms with E-state index < -0.39 is 0 Å². The minimum atomic E-state index is 0.0782. The minimum Gasteiger partial charge on any atom is -0.357 e. The number of carbonyl (C=O) groups is 1. The second kappa shape index (κ2) is 7.38. The predicted molar refractivity (Wildman–Crippen MR) is 114 cm³/mol. The highest BCUT2D eigenvalue weighted by atomic mass is 16.1. The second-order valence-corrected chi connectivity index (χ2v) is 9.20. The lowest BCUT2D eigenvalue weighted by atomic mass is 9.94. The first-order valence-electron chi connectivity index (χ1n) is 11.1. The molecule has 3 atom stereocenters. The molecule has 1 aromatic heterocycles. The molecule has 148 valence electrons. The van der Waals surface area contributed by atoms with E-state index in [1.165, 1.54) is 51.4 Å². The summed E-state index contributed by atoms with van der Waals surface area (Å²) in [6, 6.07) is 11.0. The number of para-hydroxylation sites is 1. The maximum atomic E-state index is 13.3. The summed E-state index contributed by atoms with van der Waals surface area (Å²) in [4.78, 5) is 20.5. The molecule has 3 aliphatic carbocycles. The number of amides is 1. The third-order valence-electron chi connectivity index (χ3n) is 7.49. The fourth-order valence-corrected chi connectivity index (χ4v) is 5.85. The first-order valence-corrected chi connectivity index (χ1v) is 11.1. The number of aromatic nitrogens is 1. The van der Waals surface area contributed by atoms with Crippen LogP contribution in [0.5, 0.6) is 0 Å². The zero-order chi connectivity index (χ0) is 19.1. The van der Waals surface area contributed by atoms with E-state index in [4.69, 9.17) is 4.98 Å². The lowest BCUT2D eigenvalue weighted by Gasteiger charge is -2.32. The topological polar surface area (TPSA) is 45.2 Å². The average molecular weight is 378 g/mol. The summed E-state index contributed by atoms with van der Waals surface area (Å²) >= 11 is 0. The lowest BCUT2D eigenvalue weighted by molar-refractivity contribution is 0.0924. The Bertz CT molecular complexity index is 873. The standard InChI is InChI=1S/C24H31N3O/c1-27(18-7-3-2-4-8-18)23-15-20(19-9-5-6-10-21(19)25-23)24(28)26-22-14-16-11-12-17(22)13-16/h5-6,9-10,15-18,22H,2-4,7-8,11-14H2,1H3,(H,26,28)/t16-,17+,22?/m0/s1. The number of benzene rings is 1. The maximum absolute atomic E-state index is 13.3. The van der Waals surface area contributed by atoms with E-state index in [1.807, 2.05) is 30.3 Å². The van der Waals surface area contributed by atoms with Crippen molar-refractivity contribution in [1.29, 1.82) is 0 Å². The molecule has 0 aliphatic heterocycles. The van der Waals surface area contributed by atoms with Crippen LogP contribution in [0.4, 0.5) is 5.82 Å². The highest BCUT2D eigenvalue weighted by Crippen LogP contribution is 2.44. The van der Waals surface area contributed by atoms with E-state index >= 15 is 0 Å². The summed E-state index contributed by atoms with van der Waals surface area (Å²) in [6.07, 6.45) is 11.5. The van der Waals surface area contributed by atoms with Gasteiger partial charge in [-0.05, 0) is 56.1 Å². The van der Waals surface area contributed by atoms with Crippen LogP contribution >= 0.6 is 0 Å². The third-order valence-corrected chi connectivity index (χ3v) is 7.49. The molecule has 1 amide bonds. The molecular formula is C24H31N3O. The molecule has 28 heavy (non-hydrogen) atoms. The molecule has 1 heterocycles. The van der Waals surface area contributed by atoms with Crippen molar-refractivity contribution in [3.63, 3.8) is 0 Å². The summed E-state index contributed by atoms with van der Waals surface area (Å²) in [5.74, 6) is 2.53. The van der Waals surface area contributed by atoms with Crippen molar-refractivity contribution >= 4 is 22.6 Å². The highest BCUT2D eigenvalue weighted by Gasteiger charge is 2.40. The normalized spacial score (nSPS) is 27.2. The van der Waals surface area contributed by atoms with Crippen molar-refractivity contribution in [3.8, 4) is 0 Å². The minimum absolute atomic E-state index is 0.0782. The number of fused-ring (bicyclic) bond motifs is 3. The highest BCUT2D eigenvalue weighted by molar-refractivity contribution is 6.07. The van der Waals surface area contributed by atoms with Crippen LogP contribution < -0.4 is 10.2 Å². The molecule has 2 aromatic rings. The van der Waals surface area contributed by atoms with Crippen molar-refractivity contribution in [2.45, 2.75) is 69.9 Å². The number of nitrogens with one attached hydrogen (secondary N) is 1. The number of anilines is 1. The van der Waals surface area contributed by atoms with Gasteiger partial charge in [-0.2, -0.15) is 0 Å². The number of rotatable bonds is 4. The van der Waals surface area contributed by atoms with Crippen LogP contribution in [0.1, 0.15) is 68.1 Å². The maximum Gasteiger partial charge on any atom is 0.252 e. The van der Waals surface area contributed by atoms with Gasteiger partial charge >= 0.3 is 0 Å². The molecule has 1 N–H and O–H groups in total. The molecule has 0 radical (unpaired) electrons. The van der Waals surface area contributed by atoms with Gasteiger partial charge in [-0.15, -0.1) is 0 Å². The SMILES string of the molecule is CN(c1cc(C(=O)NC2C[C@H]3CC[C@@H]2C3)c2ccccc2n1)C1CCCCC1. The summed E-state index contributed by atoms with van der Waals surface area (Å²) in [6.45, 7) is 0. The molecule has 4 heteroatoms. The Balaban J connectivity index is 1.45. The second-order valence-electron chi connectivity index (χ2n) is 9.20. The van der Waals surface area contributed by atoms with Gasteiger partial charge in [0.1, 0.15) is 5.82 Å². The van der Waals surface area contributed by atoms with Crippen molar-refractivity contribution in [3.05, 3.63) is 35.9 Å². The van der Waals surface area contributed by atoms with Crippen molar-refractivity contribution in [2.75, 3.05) is 11.9 Å². The van der Waals surface area contributed by atoms with Gasteiger partial charge in [0.15, 0.2) is 0 Å². The molecule has 4 nitrogen and oxygen atoms in total. The fraction of sp³-hybridized carbons (Fsp3) is 0.583. The van der Waals surface area contributed by atoms with E-state index in [2.05, 4.69) is 17.3 Å². The number of hydrogen-bond donors (Lipinski definition) is 1. The molecular weight excluding hydrogens is 346 g/mol. The molecule has 3 aliphatic rings. The zero-order valence-electron chi connectivity index (χ0n) is 16.9. The van der Waals surface area contributed by atoms with Crippen molar-refractivity contribution in [1.82, 2.24) is 10.3 Å². The largest absolute Gasteiger partial charge is 0.357 e. The fourth-order valence-electron chi connectivity index (χ4n) is 5.85. The Morgan fingerprint density at radius 1 is 1.07 bits per heavy atom. The van der Waals surface area contributed by atoms with Gasteiger partial charge in [-0.1, -0.05) is 43.9 Å². The smallest absolute Gasteiger partial charge is 0.252 e. The van der Waals surface area contributed by atoms with Crippen LogP contribution in [0.2, 0.25) is 0 Å². The molecule has 0 spiro atoms. The Morgan fingerprint density at radius 3 is 2.64 bits per heavy atom. The predicted octanol–water partition coefficient (Wildman–Crippen LogP) is 4.92. The van der Waals surface area contributed by atoms with Crippen molar-refractivity contribution < 1.29 is 4.79 Å². The molecule has 2 bridgehead atoms. The summed E-state index contributed by atoms with van der Waals surface area (Å²) in [7, 11) is 2.14. The summed E-state index contributed by atoms with van der Waals surface area (Å²) in [5, 5.41) is 4.34. The summed E-state index contributed by atoms with van der Waals surface area (Å²) < 4.78 is 0. The van der Waals surface area contributed by atoms with Gasteiger partial charge in [0, 0.05) is 24.5 Å².